The minimum atomic E-state index is 0.529. The smallest absolute Gasteiger partial charge is 0.139 e. The minimum Gasteiger partial charge on any atom is -0.496 e. The third kappa shape index (κ3) is 3.42. The number of anilines is 3. The van der Waals surface area contributed by atoms with E-state index in [1.807, 2.05) is 32.0 Å². The number of ether oxygens (including phenoxy) is 1. The molecule has 0 radical (unpaired) electrons. The first-order valence-electron chi connectivity index (χ1n) is 7.09. The summed E-state index contributed by atoms with van der Waals surface area (Å²) in [6.45, 7) is 6.02. The number of nitrogens with zero attached hydrogens (tertiary/aromatic N) is 2. The van der Waals surface area contributed by atoms with E-state index >= 15 is 0 Å². The van der Waals surface area contributed by atoms with Crippen LogP contribution in [0, 0.1) is 13.8 Å². The predicted molar refractivity (Wildman–Crippen MR) is 86.2 cm³/mol. The van der Waals surface area contributed by atoms with Crippen LogP contribution in [-0.2, 0) is 6.42 Å². The first kappa shape index (κ1) is 15.1. The van der Waals surface area contributed by atoms with Crippen molar-refractivity contribution in [2.45, 2.75) is 33.6 Å². The lowest BCUT2D eigenvalue weighted by atomic mass is 10.2. The van der Waals surface area contributed by atoms with Crippen LogP contribution in [0.2, 0.25) is 0 Å². The molecule has 0 aliphatic rings. The van der Waals surface area contributed by atoms with Crippen molar-refractivity contribution < 1.29 is 4.74 Å². The average Bonchev–Trinajstić information content (AvgIpc) is 2.45. The number of aryl methyl sites for hydroxylation is 2. The zero-order valence-corrected chi connectivity index (χ0v) is 13.0. The van der Waals surface area contributed by atoms with E-state index < -0.39 is 0 Å². The van der Waals surface area contributed by atoms with Gasteiger partial charge in [-0.1, -0.05) is 6.92 Å². The second kappa shape index (κ2) is 6.43. The molecule has 0 amide bonds. The summed E-state index contributed by atoms with van der Waals surface area (Å²) in [7, 11) is 1.67. The second-order valence-electron chi connectivity index (χ2n) is 5.06. The molecule has 1 aromatic carbocycles. The topological polar surface area (TPSA) is 73.1 Å². The fourth-order valence-corrected chi connectivity index (χ4v) is 2.13. The van der Waals surface area contributed by atoms with Crippen LogP contribution in [0.3, 0.4) is 0 Å². The zero-order valence-electron chi connectivity index (χ0n) is 13.0. The third-order valence-electron chi connectivity index (χ3n) is 3.36. The van der Waals surface area contributed by atoms with Gasteiger partial charge in [-0.3, -0.25) is 0 Å². The van der Waals surface area contributed by atoms with Crippen molar-refractivity contribution >= 4 is 17.3 Å². The Morgan fingerprint density at radius 2 is 2.00 bits per heavy atom. The van der Waals surface area contributed by atoms with Gasteiger partial charge in [0.25, 0.3) is 0 Å². The molecular weight excluding hydrogens is 264 g/mol. The van der Waals surface area contributed by atoms with E-state index in [0.717, 1.165) is 47.0 Å². The van der Waals surface area contributed by atoms with E-state index in [1.54, 1.807) is 7.11 Å². The van der Waals surface area contributed by atoms with Gasteiger partial charge < -0.3 is 15.8 Å². The summed E-state index contributed by atoms with van der Waals surface area (Å²) in [4.78, 5) is 8.87. The van der Waals surface area contributed by atoms with Crippen molar-refractivity contribution in [3.8, 4) is 5.75 Å². The molecule has 0 saturated carbocycles. The molecule has 0 saturated heterocycles. The van der Waals surface area contributed by atoms with Crippen LogP contribution in [-0.4, -0.2) is 17.1 Å². The number of methoxy groups -OCH3 is 1. The maximum atomic E-state index is 5.97. The van der Waals surface area contributed by atoms with Gasteiger partial charge in [0.2, 0.25) is 0 Å². The standard InChI is InChI=1S/C16H22N4O/c1-5-6-14-19-15(17)11(3)16(20-14)18-12-7-8-13(21-4)10(2)9-12/h7-9H,5-6H2,1-4H3,(H3,17,18,19,20). The van der Waals surface area contributed by atoms with Crippen molar-refractivity contribution in [1.29, 1.82) is 0 Å². The Balaban J connectivity index is 2.32. The van der Waals surface area contributed by atoms with Crippen molar-refractivity contribution in [2.75, 3.05) is 18.2 Å². The number of aromatic nitrogens is 2. The lowest BCUT2D eigenvalue weighted by Gasteiger charge is -2.13. The maximum Gasteiger partial charge on any atom is 0.139 e. The highest BCUT2D eigenvalue weighted by Crippen LogP contribution is 2.26. The fraction of sp³-hybridized carbons (Fsp3) is 0.375. The van der Waals surface area contributed by atoms with Crippen molar-refractivity contribution in [3.05, 3.63) is 35.2 Å². The third-order valence-corrected chi connectivity index (χ3v) is 3.36. The summed E-state index contributed by atoms with van der Waals surface area (Å²) in [5.41, 5.74) is 8.86. The molecule has 0 aliphatic carbocycles. The lowest BCUT2D eigenvalue weighted by Crippen LogP contribution is -2.07. The Bertz CT molecular complexity index is 640. The number of benzene rings is 1. The molecule has 0 bridgehead atoms. The highest BCUT2D eigenvalue weighted by Gasteiger charge is 2.09. The van der Waals surface area contributed by atoms with Crippen LogP contribution >= 0.6 is 0 Å². The van der Waals surface area contributed by atoms with E-state index in [0.29, 0.717) is 5.82 Å². The second-order valence-corrected chi connectivity index (χ2v) is 5.06. The molecular formula is C16H22N4O. The van der Waals surface area contributed by atoms with E-state index in [-0.39, 0.29) is 0 Å². The zero-order chi connectivity index (χ0) is 15.4. The molecule has 0 fully saturated rings. The number of rotatable bonds is 5. The Labute approximate surface area is 125 Å². The van der Waals surface area contributed by atoms with E-state index in [2.05, 4.69) is 22.2 Å². The van der Waals surface area contributed by atoms with Gasteiger partial charge in [0.1, 0.15) is 23.2 Å². The monoisotopic (exact) mass is 286 g/mol. The molecule has 3 N–H and O–H groups in total. The van der Waals surface area contributed by atoms with Crippen molar-refractivity contribution in [3.63, 3.8) is 0 Å². The molecule has 21 heavy (non-hydrogen) atoms. The number of hydrogen-bond donors (Lipinski definition) is 2. The Kier molecular flexibility index (Phi) is 4.62. The van der Waals surface area contributed by atoms with E-state index in [4.69, 9.17) is 10.5 Å². The van der Waals surface area contributed by atoms with Gasteiger partial charge >= 0.3 is 0 Å². The van der Waals surface area contributed by atoms with Gasteiger partial charge in [-0.2, -0.15) is 0 Å². The molecule has 0 aliphatic heterocycles. The van der Waals surface area contributed by atoms with E-state index in [1.165, 1.54) is 0 Å². The fourth-order valence-electron chi connectivity index (χ4n) is 2.13. The summed E-state index contributed by atoms with van der Waals surface area (Å²) >= 11 is 0. The SMILES string of the molecule is CCCc1nc(N)c(C)c(Nc2ccc(OC)c(C)c2)n1. The van der Waals surface area contributed by atoms with E-state index in [9.17, 15) is 0 Å². The molecule has 0 spiro atoms. The lowest BCUT2D eigenvalue weighted by molar-refractivity contribution is 0.412. The number of nitrogen functional groups attached to an aromatic ring is 1. The van der Waals surface area contributed by atoms with Crippen LogP contribution in [0.5, 0.6) is 5.75 Å². The van der Waals surface area contributed by atoms with Gasteiger partial charge in [-0.25, -0.2) is 9.97 Å². The molecule has 1 heterocycles. The Hall–Kier alpha value is -2.30. The predicted octanol–water partition coefficient (Wildman–Crippen LogP) is 3.38. The number of nitrogens with one attached hydrogen (secondary N) is 1. The number of nitrogens with two attached hydrogens (primary N) is 1. The Morgan fingerprint density at radius 1 is 1.24 bits per heavy atom. The van der Waals surface area contributed by atoms with Crippen molar-refractivity contribution in [1.82, 2.24) is 9.97 Å². The van der Waals surface area contributed by atoms with Crippen LogP contribution in [0.4, 0.5) is 17.3 Å². The van der Waals surface area contributed by atoms with Gasteiger partial charge in [0.15, 0.2) is 0 Å². The molecule has 0 atom stereocenters. The molecule has 5 nitrogen and oxygen atoms in total. The normalized spacial score (nSPS) is 10.5. The summed E-state index contributed by atoms with van der Waals surface area (Å²) < 4.78 is 5.27. The summed E-state index contributed by atoms with van der Waals surface area (Å²) in [5.74, 6) is 2.93. The first-order valence-corrected chi connectivity index (χ1v) is 7.09. The molecule has 2 aromatic rings. The van der Waals surface area contributed by atoms with Gasteiger partial charge in [0.05, 0.1) is 7.11 Å². The number of hydrogen-bond acceptors (Lipinski definition) is 5. The first-order chi connectivity index (χ1) is 10.0. The minimum absolute atomic E-state index is 0.529. The molecule has 1 aromatic heterocycles. The highest BCUT2D eigenvalue weighted by molar-refractivity contribution is 5.65. The molecule has 5 heteroatoms. The maximum absolute atomic E-state index is 5.97. The largest absolute Gasteiger partial charge is 0.496 e. The van der Waals surface area contributed by atoms with Crippen LogP contribution in [0.15, 0.2) is 18.2 Å². The molecule has 112 valence electrons. The highest BCUT2D eigenvalue weighted by atomic mass is 16.5. The van der Waals surface area contributed by atoms with Crippen molar-refractivity contribution in [2.24, 2.45) is 0 Å². The quantitative estimate of drug-likeness (QED) is 0.881. The summed E-state index contributed by atoms with van der Waals surface area (Å²) in [6, 6.07) is 5.92. The van der Waals surface area contributed by atoms with Crippen LogP contribution in [0.1, 0.15) is 30.3 Å². The van der Waals surface area contributed by atoms with Gasteiger partial charge in [0, 0.05) is 17.7 Å². The molecule has 0 unspecified atom stereocenters. The Morgan fingerprint density at radius 3 is 2.62 bits per heavy atom. The van der Waals surface area contributed by atoms with Crippen LogP contribution < -0.4 is 15.8 Å². The average molecular weight is 286 g/mol. The summed E-state index contributed by atoms with van der Waals surface area (Å²) in [5, 5.41) is 3.32. The van der Waals surface area contributed by atoms with Gasteiger partial charge in [-0.15, -0.1) is 0 Å². The van der Waals surface area contributed by atoms with Crippen LogP contribution in [0.25, 0.3) is 0 Å². The molecule has 2 rings (SSSR count). The summed E-state index contributed by atoms with van der Waals surface area (Å²) in [6.07, 6.45) is 1.81. The van der Waals surface area contributed by atoms with Gasteiger partial charge in [-0.05, 0) is 44.0 Å².